The van der Waals surface area contributed by atoms with Crippen molar-refractivity contribution in [2.24, 2.45) is 5.92 Å². The van der Waals surface area contributed by atoms with Gasteiger partial charge in [-0.1, -0.05) is 31.2 Å². The number of allylic oxidation sites excluding steroid dienone is 4. The van der Waals surface area contributed by atoms with Gasteiger partial charge in [0.25, 0.3) is 0 Å². The standard InChI is InChI=1S/C9H14/c1-9-7-5-3-2-4-6-8-9/h5-9H,2-4H2,1H3/b7-5-,8-6-. The molecule has 1 aliphatic carbocycles. The molecule has 0 heterocycles. The third kappa shape index (κ3) is 2.50. The first-order valence-corrected chi connectivity index (χ1v) is 3.73. The van der Waals surface area contributed by atoms with Crippen molar-refractivity contribution in [1.82, 2.24) is 0 Å². The molecule has 0 aliphatic heterocycles. The quantitative estimate of drug-likeness (QED) is 0.433. The Morgan fingerprint density at radius 3 is 2.22 bits per heavy atom. The first kappa shape index (κ1) is 6.60. The van der Waals surface area contributed by atoms with E-state index in [4.69, 9.17) is 0 Å². The molecule has 0 saturated heterocycles. The van der Waals surface area contributed by atoms with Gasteiger partial charge in [-0.2, -0.15) is 0 Å². The maximum Gasteiger partial charge on any atom is -0.00819 e. The topological polar surface area (TPSA) is 0 Å². The lowest BCUT2D eigenvalue weighted by atomic mass is 10.1. The zero-order chi connectivity index (χ0) is 6.53. The van der Waals surface area contributed by atoms with Gasteiger partial charge < -0.3 is 0 Å². The number of rotatable bonds is 0. The SMILES string of the molecule is CC1/C=C\CCC/C=C\1. The second-order valence-corrected chi connectivity index (χ2v) is 2.65. The first-order valence-electron chi connectivity index (χ1n) is 3.73. The Balaban J connectivity index is 2.44. The van der Waals surface area contributed by atoms with E-state index < -0.39 is 0 Å². The molecular formula is C9H14. The zero-order valence-electron chi connectivity index (χ0n) is 6.01. The third-order valence-electron chi connectivity index (χ3n) is 1.62. The van der Waals surface area contributed by atoms with Crippen LogP contribution in [0.4, 0.5) is 0 Å². The van der Waals surface area contributed by atoms with Crippen LogP contribution in [0.3, 0.4) is 0 Å². The van der Waals surface area contributed by atoms with E-state index in [0.29, 0.717) is 5.92 Å². The monoisotopic (exact) mass is 122 g/mol. The largest absolute Gasteiger partial charge is 0.0879 e. The van der Waals surface area contributed by atoms with Crippen molar-refractivity contribution in [3.8, 4) is 0 Å². The fraction of sp³-hybridized carbons (Fsp3) is 0.556. The Hall–Kier alpha value is -0.520. The summed E-state index contributed by atoms with van der Waals surface area (Å²) in [7, 11) is 0. The molecule has 9 heavy (non-hydrogen) atoms. The average Bonchev–Trinajstić information content (AvgIpc) is 1.79. The van der Waals surface area contributed by atoms with E-state index in [1.165, 1.54) is 19.3 Å². The molecular weight excluding hydrogens is 108 g/mol. The van der Waals surface area contributed by atoms with Crippen LogP contribution in [0.15, 0.2) is 24.3 Å². The van der Waals surface area contributed by atoms with Gasteiger partial charge in [-0.05, 0) is 25.2 Å². The van der Waals surface area contributed by atoms with Crippen LogP contribution in [0, 0.1) is 5.92 Å². The lowest BCUT2D eigenvalue weighted by Crippen LogP contribution is -1.84. The molecule has 0 aromatic carbocycles. The summed E-state index contributed by atoms with van der Waals surface area (Å²) in [6.07, 6.45) is 13.0. The Kier molecular flexibility index (Phi) is 2.56. The summed E-state index contributed by atoms with van der Waals surface area (Å²) in [5, 5.41) is 0. The van der Waals surface area contributed by atoms with Crippen molar-refractivity contribution in [2.45, 2.75) is 26.2 Å². The fourth-order valence-corrected chi connectivity index (χ4v) is 1.04. The van der Waals surface area contributed by atoms with E-state index in [0.717, 1.165) is 0 Å². The summed E-state index contributed by atoms with van der Waals surface area (Å²) in [6, 6.07) is 0. The molecule has 0 saturated carbocycles. The van der Waals surface area contributed by atoms with Gasteiger partial charge in [0.15, 0.2) is 0 Å². The van der Waals surface area contributed by atoms with E-state index >= 15 is 0 Å². The van der Waals surface area contributed by atoms with Gasteiger partial charge in [0, 0.05) is 0 Å². The molecule has 0 spiro atoms. The third-order valence-corrected chi connectivity index (χ3v) is 1.62. The maximum absolute atomic E-state index is 2.29. The molecule has 0 bridgehead atoms. The van der Waals surface area contributed by atoms with Gasteiger partial charge in [0.1, 0.15) is 0 Å². The molecule has 0 atom stereocenters. The predicted molar refractivity (Wildman–Crippen MR) is 41.3 cm³/mol. The van der Waals surface area contributed by atoms with Crippen LogP contribution in [0.1, 0.15) is 26.2 Å². The Morgan fingerprint density at radius 1 is 1.11 bits per heavy atom. The summed E-state index contributed by atoms with van der Waals surface area (Å²) in [4.78, 5) is 0. The fourth-order valence-electron chi connectivity index (χ4n) is 1.04. The minimum Gasteiger partial charge on any atom is -0.0879 e. The molecule has 0 N–H and O–H groups in total. The smallest absolute Gasteiger partial charge is 0.00819 e. The van der Waals surface area contributed by atoms with Crippen LogP contribution in [0.5, 0.6) is 0 Å². The van der Waals surface area contributed by atoms with Crippen molar-refractivity contribution >= 4 is 0 Å². The average molecular weight is 122 g/mol. The predicted octanol–water partition coefficient (Wildman–Crippen LogP) is 2.92. The molecule has 50 valence electrons. The number of hydrogen-bond donors (Lipinski definition) is 0. The van der Waals surface area contributed by atoms with Crippen LogP contribution in [0.2, 0.25) is 0 Å². The summed E-state index contributed by atoms with van der Waals surface area (Å²) < 4.78 is 0. The van der Waals surface area contributed by atoms with E-state index in [2.05, 4.69) is 31.2 Å². The molecule has 0 amide bonds. The van der Waals surface area contributed by atoms with Crippen LogP contribution in [0.25, 0.3) is 0 Å². The van der Waals surface area contributed by atoms with Gasteiger partial charge in [0.2, 0.25) is 0 Å². The maximum atomic E-state index is 2.29. The van der Waals surface area contributed by atoms with E-state index in [-0.39, 0.29) is 0 Å². The zero-order valence-corrected chi connectivity index (χ0v) is 6.01. The van der Waals surface area contributed by atoms with Gasteiger partial charge in [-0.3, -0.25) is 0 Å². The molecule has 0 nitrogen and oxygen atoms in total. The molecule has 1 rings (SSSR count). The van der Waals surface area contributed by atoms with Crippen LogP contribution < -0.4 is 0 Å². The normalized spacial score (nSPS) is 28.6. The highest BCUT2D eigenvalue weighted by Gasteiger charge is 1.91. The highest BCUT2D eigenvalue weighted by Crippen LogP contribution is 2.08. The van der Waals surface area contributed by atoms with Crippen molar-refractivity contribution in [3.05, 3.63) is 24.3 Å². The highest BCUT2D eigenvalue weighted by molar-refractivity contribution is 5.00. The minimum atomic E-state index is 0.658. The lowest BCUT2D eigenvalue weighted by molar-refractivity contribution is 0.820. The second kappa shape index (κ2) is 3.49. The number of hydrogen-bond acceptors (Lipinski definition) is 0. The van der Waals surface area contributed by atoms with Crippen LogP contribution in [-0.2, 0) is 0 Å². The molecule has 0 heteroatoms. The van der Waals surface area contributed by atoms with E-state index in [1.54, 1.807) is 0 Å². The first-order chi connectivity index (χ1) is 4.39. The van der Waals surface area contributed by atoms with Crippen molar-refractivity contribution in [2.75, 3.05) is 0 Å². The molecule has 0 unspecified atom stereocenters. The second-order valence-electron chi connectivity index (χ2n) is 2.65. The van der Waals surface area contributed by atoms with Crippen LogP contribution in [-0.4, -0.2) is 0 Å². The van der Waals surface area contributed by atoms with Gasteiger partial charge in [-0.15, -0.1) is 0 Å². The van der Waals surface area contributed by atoms with Gasteiger partial charge in [0.05, 0.1) is 0 Å². The van der Waals surface area contributed by atoms with E-state index in [1.807, 2.05) is 0 Å². The summed E-state index contributed by atoms with van der Waals surface area (Å²) in [5.41, 5.74) is 0. The molecule has 1 aliphatic rings. The van der Waals surface area contributed by atoms with Gasteiger partial charge >= 0.3 is 0 Å². The van der Waals surface area contributed by atoms with Crippen molar-refractivity contribution in [1.29, 1.82) is 0 Å². The summed E-state index contributed by atoms with van der Waals surface area (Å²) in [6.45, 7) is 2.22. The van der Waals surface area contributed by atoms with E-state index in [9.17, 15) is 0 Å². The van der Waals surface area contributed by atoms with Crippen molar-refractivity contribution in [3.63, 3.8) is 0 Å². The Morgan fingerprint density at radius 2 is 1.67 bits per heavy atom. The van der Waals surface area contributed by atoms with Crippen LogP contribution >= 0.6 is 0 Å². The van der Waals surface area contributed by atoms with Crippen molar-refractivity contribution < 1.29 is 0 Å². The Bertz CT molecular complexity index is 106. The lowest BCUT2D eigenvalue weighted by Gasteiger charge is -2.00. The minimum absolute atomic E-state index is 0.658. The molecule has 0 aromatic rings. The molecule has 0 aromatic heterocycles. The molecule has 0 radical (unpaired) electrons. The Labute approximate surface area is 57.3 Å². The molecule has 0 fully saturated rings. The highest BCUT2D eigenvalue weighted by atomic mass is 14.0. The summed E-state index contributed by atoms with van der Waals surface area (Å²) >= 11 is 0. The summed E-state index contributed by atoms with van der Waals surface area (Å²) in [5.74, 6) is 0.658. The van der Waals surface area contributed by atoms with Gasteiger partial charge in [-0.25, -0.2) is 0 Å².